The summed E-state index contributed by atoms with van der Waals surface area (Å²) in [6.07, 6.45) is 5.71. The number of rotatable bonds is 1. The summed E-state index contributed by atoms with van der Waals surface area (Å²) in [6.45, 7) is 4.86. The Hall–Kier alpha value is -1.85. The highest BCUT2D eigenvalue weighted by Gasteiger charge is 2.40. The second-order valence-electron chi connectivity index (χ2n) is 6.47. The van der Waals surface area contributed by atoms with Crippen LogP contribution in [0.4, 0.5) is 11.8 Å². The number of aryl methyl sites for hydroxylation is 1. The number of carbonyl (C=O) groups is 1. The molecule has 6 nitrogen and oxygen atoms in total. The van der Waals surface area contributed by atoms with Crippen molar-refractivity contribution in [1.29, 1.82) is 0 Å². The standard InChI is InChI=1S/C15H23N5O/c1-11-9-17-14(16)18-13(11)20-7-5-15(6-8-20)4-3-12(21)19(2)10-15/h9H,3-8,10H2,1-2H3,(H2,16,17,18). The van der Waals surface area contributed by atoms with Gasteiger partial charge in [-0.3, -0.25) is 4.79 Å². The van der Waals surface area contributed by atoms with Crippen LogP contribution in [0.2, 0.25) is 0 Å². The maximum absolute atomic E-state index is 11.7. The van der Waals surface area contributed by atoms with Gasteiger partial charge in [0.15, 0.2) is 0 Å². The van der Waals surface area contributed by atoms with Gasteiger partial charge in [-0.2, -0.15) is 4.98 Å². The van der Waals surface area contributed by atoms with Crippen LogP contribution in [-0.2, 0) is 4.79 Å². The van der Waals surface area contributed by atoms with Gasteiger partial charge < -0.3 is 15.5 Å². The van der Waals surface area contributed by atoms with E-state index in [0.29, 0.717) is 17.8 Å². The van der Waals surface area contributed by atoms with Crippen LogP contribution >= 0.6 is 0 Å². The number of aromatic nitrogens is 2. The molecule has 2 N–H and O–H groups in total. The molecule has 0 bridgehead atoms. The first-order valence-electron chi connectivity index (χ1n) is 7.57. The second-order valence-corrected chi connectivity index (χ2v) is 6.47. The van der Waals surface area contributed by atoms with Gasteiger partial charge in [0.05, 0.1) is 0 Å². The van der Waals surface area contributed by atoms with Crippen LogP contribution in [0, 0.1) is 12.3 Å². The summed E-state index contributed by atoms with van der Waals surface area (Å²) >= 11 is 0. The maximum atomic E-state index is 11.7. The van der Waals surface area contributed by atoms with Gasteiger partial charge in [0.1, 0.15) is 5.82 Å². The lowest BCUT2D eigenvalue weighted by molar-refractivity contribution is -0.136. The summed E-state index contributed by atoms with van der Waals surface area (Å²) in [5.74, 6) is 1.57. The fourth-order valence-corrected chi connectivity index (χ4v) is 3.60. The molecule has 21 heavy (non-hydrogen) atoms. The molecule has 0 aromatic carbocycles. The number of likely N-dealkylation sites (tertiary alicyclic amines) is 1. The summed E-state index contributed by atoms with van der Waals surface area (Å²) < 4.78 is 0. The summed E-state index contributed by atoms with van der Waals surface area (Å²) in [5, 5.41) is 0. The number of hydrogen-bond donors (Lipinski definition) is 1. The highest BCUT2D eigenvalue weighted by Crippen LogP contribution is 2.40. The molecule has 2 aliphatic rings. The molecule has 0 atom stereocenters. The molecule has 114 valence electrons. The van der Waals surface area contributed by atoms with Gasteiger partial charge in [-0.05, 0) is 31.6 Å². The average molecular weight is 289 g/mol. The topological polar surface area (TPSA) is 75.3 Å². The number of piperidine rings is 2. The van der Waals surface area contributed by atoms with Gasteiger partial charge in [-0.1, -0.05) is 0 Å². The van der Waals surface area contributed by atoms with Crippen LogP contribution in [0.25, 0.3) is 0 Å². The number of carbonyl (C=O) groups excluding carboxylic acids is 1. The Balaban J connectivity index is 1.70. The van der Waals surface area contributed by atoms with Gasteiger partial charge >= 0.3 is 0 Å². The van der Waals surface area contributed by atoms with E-state index in [2.05, 4.69) is 14.9 Å². The summed E-state index contributed by atoms with van der Waals surface area (Å²) in [6, 6.07) is 0. The first kappa shape index (κ1) is 14.1. The zero-order valence-corrected chi connectivity index (χ0v) is 12.8. The van der Waals surface area contributed by atoms with Crippen LogP contribution in [-0.4, -0.2) is 47.5 Å². The lowest BCUT2D eigenvalue weighted by Crippen LogP contribution is -2.50. The van der Waals surface area contributed by atoms with E-state index < -0.39 is 0 Å². The van der Waals surface area contributed by atoms with E-state index in [1.807, 2.05) is 18.9 Å². The van der Waals surface area contributed by atoms with Crippen molar-refractivity contribution < 1.29 is 4.79 Å². The average Bonchev–Trinajstić information content (AvgIpc) is 2.47. The van der Waals surface area contributed by atoms with E-state index in [1.54, 1.807) is 6.20 Å². The van der Waals surface area contributed by atoms with Gasteiger partial charge in [-0.15, -0.1) is 0 Å². The minimum Gasteiger partial charge on any atom is -0.368 e. The zero-order valence-electron chi connectivity index (χ0n) is 12.8. The molecule has 2 fully saturated rings. The molecule has 1 spiro atoms. The van der Waals surface area contributed by atoms with Crippen LogP contribution in [0.3, 0.4) is 0 Å². The monoisotopic (exact) mass is 289 g/mol. The molecule has 1 aromatic rings. The number of amides is 1. The number of hydrogen-bond acceptors (Lipinski definition) is 5. The van der Waals surface area contributed by atoms with Gasteiger partial charge in [-0.25, -0.2) is 4.98 Å². The smallest absolute Gasteiger partial charge is 0.222 e. The van der Waals surface area contributed by atoms with Gasteiger partial charge in [0, 0.05) is 44.9 Å². The Morgan fingerprint density at radius 2 is 2.00 bits per heavy atom. The quantitative estimate of drug-likeness (QED) is 0.841. The molecular formula is C15H23N5O. The van der Waals surface area contributed by atoms with Crippen molar-refractivity contribution in [3.8, 4) is 0 Å². The predicted molar refractivity (Wildman–Crippen MR) is 81.9 cm³/mol. The lowest BCUT2D eigenvalue weighted by Gasteiger charge is -2.47. The Morgan fingerprint density at radius 3 is 2.67 bits per heavy atom. The highest BCUT2D eigenvalue weighted by molar-refractivity contribution is 5.76. The molecular weight excluding hydrogens is 266 g/mol. The SMILES string of the molecule is Cc1cnc(N)nc1N1CCC2(CCC(=O)N(C)C2)CC1. The summed E-state index contributed by atoms with van der Waals surface area (Å²) in [4.78, 5) is 24.3. The predicted octanol–water partition coefficient (Wildman–Crippen LogP) is 1.21. The van der Waals surface area contributed by atoms with E-state index in [9.17, 15) is 4.79 Å². The van der Waals surface area contributed by atoms with Crippen LogP contribution in [0.1, 0.15) is 31.2 Å². The number of nitrogens with zero attached hydrogens (tertiary/aromatic N) is 4. The fraction of sp³-hybridized carbons (Fsp3) is 0.667. The van der Waals surface area contributed by atoms with Crippen molar-refractivity contribution in [3.63, 3.8) is 0 Å². The van der Waals surface area contributed by atoms with Crippen molar-refractivity contribution >= 4 is 17.7 Å². The maximum Gasteiger partial charge on any atom is 0.222 e. The molecule has 0 saturated carbocycles. The van der Waals surface area contributed by atoms with E-state index >= 15 is 0 Å². The normalized spacial score (nSPS) is 21.9. The molecule has 0 aliphatic carbocycles. The Labute approximate surface area is 125 Å². The van der Waals surface area contributed by atoms with E-state index in [4.69, 9.17) is 5.73 Å². The molecule has 1 amide bonds. The molecule has 0 radical (unpaired) electrons. The molecule has 2 aliphatic heterocycles. The van der Waals surface area contributed by atoms with E-state index in [0.717, 1.165) is 50.3 Å². The molecule has 2 saturated heterocycles. The summed E-state index contributed by atoms with van der Waals surface area (Å²) in [7, 11) is 1.92. The van der Waals surface area contributed by atoms with Gasteiger partial charge in [0.2, 0.25) is 11.9 Å². The highest BCUT2D eigenvalue weighted by atomic mass is 16.2. The number of nitrogen functional groups attached to an aromatic ring is 1. The minimum absolute atomic E-state index is 0.280. The largest absolute Gasteiger partial charge is 0.368 e. The molecule has 0 unspecified atom stereocenters. The second kappa shape index (κ2) is 5.16. The van der Waals surface area contributed by atoms with Crippen molar-refractivity contribution in [2.24, 2.45) is 5.41 Å². The first-order valence-corrected chi connectivity index (χ1v) is 7.57. The number of anilines is 2. The third-order valence-electron chi connectivity index (χ3n) is 4.95. The van der Waals surface area contributed by atoms with Crippen molar-refractivity contribution in [3.05, 3.63) is 11.8 Å². The van der Waals surface area contributed by atoms with E-state index in [1.165, 1.54) is 0 Å². The fourth-order valence-electron chi connectivity index (χ4n) is 3.60. The van der Waals surface area contributed by atoms with Crippen LogP contribution in [0.5, 0.6) is 0 Å². The van der Waals surface area contributed by atoms with Gasteiger partial charge in [0.25, 0.3) is 0 Å². The van der Waals surface area contributed by atoms with Crippen molar-refractivity contribution in [2.45, 2.75) is 32.6 Å². The third kappa shape index (κ3) is 2.66. The van der Waals surface area contributed by atoms with E-state index in [-0.39, 0.29) is 5.91 Å². The first-order chi connectivity index (χ1) is 9.99. The van der Waals surface area contributed by atoms with Crippen molar-refractivity contribution in [1.82, 2.24) is 14.9 Å². The number of nitrogens with two attached hydrogens (primary N) is 1. The Bertz CT molecular complexity index is 551. The third-order valence-corrected chi connectivity index (χ3v) is 4.95. The Kier molecular flexibility index (Phi) is 3.47. The minimum atomic E-state index is 0.280. The van der Waals surface area contributed by atoms with Crippen LogP contribution in [0.15, 0.2) is 6.20 Å². The Morgan fingerprint density at radius 1 is 1.29 bits per heavy atom. The molecule has 3 heterocycles. The van der Waals surface area contributed by atoms with Crippen molar-refractivity contribution in [2.75, 3.05) is 37.3 Å². The molecule has 1 aromatic heterocycles. The summed E-state index contributed by atoms with van der Waals surface area (Å²) in [5.41, 5.74) is 7.07. The zero-order chi connectivity index (χ0) is 15.0. The lowest BCUT2D eigenvalue weighted by atomic mass is 9.72. The van der Waals surface area contributed by atoms with Crippen LogP contribution < -0.4 is 10.6 Å². The molecule has 3 rings (SSSR count). The molecule has 6 heteroatoms.